The average Bonchev–Trinajstić information content (AvgIpc) is 2.42. The molecule has 1 rings (SSSR count). The first-order chi connectivity index (χ1) is 10.5. The lowest BCUT2D eigenvalue weighted by atomic mass is 9.76. The Morgan fingerprint density at radius 2 is 1.74 bits per heavy atom. The molecule has 130 valence electrons. The first-order valence-electron chi connectivity index (χ1n) is 8.10. The first kappa shape index (κ1) is 20.5. The van der Waals surface area contributed by atoms with Crippen LogP contribution < -0.4 is 5.46 Å². The molecule has 23 heavy (non-hydrogen) atoms. The summed E-state index contributed by atoms with van der Waals surface area (Å²) in [7, 11) is -1.19. The monoisotopic (exact) mass is 341 g/mol. The minimum absolute atomic E-state index is 0.466. The zero-order chi connectivity index (χ0) is 17.8. The van der Waals surface area contributed by atoms with Crippen LogP contribution in [0.1, 0.15) is 47.1 Å². The molecule has 0 saturated carbocycles. The fraction of sp³-hybridized carbons (Fsp3) is 0.647. The molecule has 6 heteroatoms. The van der Waals surface area contributed by atoms with Gasteiger partial charge >= 0.3 is 7.12 Å². The summed E-state index contributed by atoms with van der Waals surface area (Å²) in [5.41, 5.74) is -0.414. The van der Waals surface area contributed by atoms with Crippen molar-refractivity contribution >= 4 is 24.2 Å². The third kappa shape index (κ3) is 5.47. The fourth-order valence-corrected chi connectivity index (χ4v) is 2.36. The first-order valence-corrected chi connectivity index (χ1v) is 8.48. The second-order valence-electron chi connectivity index (χ2n) is 6.86. The van der Waals surface area contributed by atoms with Crippen molar-refractivity contribution in [3.8, 4) is 0 Å². The van der Waals surface area contributed by atoms with Crippen LogP contribution >= 0.6 is 11.6 Å². The maximum absolute atomic E-state index is 10.3. The number of hydrogen-bond donors (Lipinski definition) is 2. The van der Waals surface area contributed by atoms with Crippen molar-refractivity contribution in [1.82, 2.24) is 4.90 Å². The number of hydrogen-bond acceptors (Lipinski definition) is 4. The highest BCUT2D eigenvalue weighted by Gasteiger charge is 2.40. The predicted molar refractivity (Wildman–Crippen MR) is 97.1 cm³/mol. The summed E-state index contributed by atoms with van der Waals surface area (Å²) in [5, 5.41) is 20.9. The molecule has 0 aliphatic heterocycles. The normalized spacial score (nSPS) is 12.8. The summed E-state index contributed by atoms with van der Waals surface area (Å²) >= 11 is 6.32. The van der Waals surface area contributed by atoms with E-state index < -0.39 is 18.3 Å². The van der Waals surface area contributed by atoms with Crippen molar-refractivity contribution in [3.63, 3.8) is 0 Å². The van der Waals surface area contributed by atoms with Gasteiger partial charge in [-0.2, -0.15) is 0 Å². The topological polar surface area (TPSA) is 52.9 Å². The SMILES string of the molecule is CCN(CC)Cc1ccc(B(O)OC(C)(C)C(C)(C)O)c(Cl)c1. The molecule has 0 bridgehead atoms. The molecular formula is C17H29BClNO3. The van der Waals surface area contributed by atoms with Gasteiger partial charge in [0.25, 0.3) is 0 Å². The molecule has 1 aromatic rings. The molecule has 0 fully saturated rings. The molecule has 2 N–H and O–H groups in total. The lowest BCUT2D eigenvalue weighted by molar-refractivity contribution is -0.0982. The van der Waals surface area contributed by atoms with Crippen molar-refractivity contribution in [2.24, 2.45) is 0 Å². The van der Waals surface area contributed by atoms with E-state index in [1.54, 1.807) is 33.8 Å². The average molecular weight is 342 g/mol. The molecule has 0 amide bonds. The van der Waals surface area contributed by atoms with Crippen LogP contribution in [-0.2, 0) is 11.2 Å². The molecule has 0 heterocycles. The third-order valence-corrected chi connectivity index (χ3v) is 4.84. The fourth-order valence-electron chi connectivity index (χ4n) is 2.06. The highest BCUT2D eigenvalue weighted by atomic mass is 35.5. The standard InChI is InChI=1S/C17H29BClNO3/c1-7-20(8-2)12-13-9-10-14(15(19)11-13)18(22)23-17(5,6)16(3,4)21/h9-11,21-22H,7-8,12H2,1-6H3. The van der Waals surface area contributed by atoms with Crippen LogP contribution in [0.2, 0.25) is 5.02 Å². The summed E-state index contributed by atoms with van der Waals surface area (Å²) in [4.78, 5) is 2.29. The van der Waals surface area contributed by atoms with Crippen LogP contribution in [0.25, 0.3) is 0 Å². The summed E-state index contributed by atoms with van der Waals surface area (Å²) in [6.07, 6.45) is 0. The molecular weight excluding hydrogens is 312 g/mol. The molecule has 0 aliphatic rings. The van der Waals surface area contributed by atoms with Crippen LogP contribution in [0.5, 0.6) is 0 Å². The van der Waals surface area contributed by atoms with E-state index in [9.17, 15) is 10.1 Å². The van der Waals surface area contributed by atoms with Gasteiger partial charge in [-0.15, -0.1) is 0 Å². The van der Waals surface area contributed by atoms with E-state index in [0.717, 1.165) is 25.2 Å². The highest BCUT2D eigenvalue weighted by Crippen LogP contribution is 2.26. The number of halogens is 1. The lowest BCUT2D eigenvalue weighted by Gasteiger charge is -2.38. The van der Waals surface area contributed by atoms with E-state index in [1.807, 2.05) is 12.1 Å². The maximum Gasteiger partial charge on any atom is 0.493 e. The molecule has 0 radical (unpaired) electrons. The predicted octanol–water partition coefficient (Wildman–Crippen LogP) is 2.44. The highest BCUT2D eigenvalue weighted by molar-refractivity contribution is 6.64. The van der Waals surface area contributed by atoms with Gasteiger partial charge in [0.2, 0.25) is 0 Å². The lowest BCUT2D eigenvalue weighted by Crippen LogP contribution is -2.53. The van der Waals surface area contributed by atoms with Crippen LogP contribution in [0.15, 0.2) is 18.2 Å². The number of nitrogens with zero attached hydrogens (tertiary/aromatic N) is 1. The maximum atomic E-state index is 10.3. The summed E-state index contributed by atoms with van der Waals surface area (Å²) in [6, 6.07) is 5.59. The molecule has 4 nitrogen and oxygen atoms in total. The van der Waals surface area contributed by atoms with E-state index in [0.29, 0.717) is 10.5 Å². The quantitative estimate of drug-likeness (QED) is 0.713. The smallest absolute Gasteiger partial charge is 0.423 e. The molecule has 0 aliphatic carbocycles. The Hall–Kier alpha value is -0.585. The molecule has 0 unspecified atom stereocenters. The number of benzene rings is 1. The molecule has 0 spiro atoms. The van der Waals surface area contributed by atoms with Gasteiger partial charge in [-0.3, -0.25) is 4.90 Å². The Labute approximate surface area is 145 Å². The van der Waals surface area contributed by atoms with Crippen LogP contribution in [-0.4, -0.2) is 46.4 Å². The Morgan fingerprint density at radius 3 is 2.17 bits per heavy atom. The van der Waals surface area contributed by atoms with Gasteiger partial charge in [0.15, 0.2) is 0 Å². The van der Waals surface area contributed by atoms with Crippen LogP contribution in [0.4, 0.5) is 0 Å². The molecule has 0 aromatic heterocycles. The van der Waals surface area contributed by atoms with Gasteiger partial charge in [0.1, 0.15) is 0 Å². The van der Waals surface area contributed by atoms with E-state index in [-0.39, 0.29) is 0 Å². The Kier molecular flexibility index (Phi) is 7.11. The summed E-state index contributed by atoms with van der Waals surface area (Å²) in [5.74, 6) is 0. The Morgan fingerprint density at radius 1 is 1.17 bits per heavy atom. The largest absolute Gasteiger partial charge is 0.493 e. The van der Waals surface area contributed by atoms with Crippen molar-refractivity contribution < 1.29 is 14.8 Å². The molecule has 0 saturated heterocycles. The van der Waals surface area contributed by atoms with Crippen molar-refractivity contribution in [2.45, 2.75) is 59.3 Å². The van der Waals surface area contributed by atoms with Gasteiger partial charge in [0.05, 0.1) is 11.2 Å². The summed E-state index contributed by atoms with van der Waals surface area (Å²) < 4.78 is 5.64. The number of aliphatic hydroxyl groups is 1. The minimum atomic E-state index is -1.19. The second kappa shape index (κ2) is 7.99. The van der Waals surface area contributed by atoms with E-state index in [1.165, 1.54) is 0 Å². The minimum Gasteiger partial charge on any atom is -0.423 e. The van der Waals surface area contributed by atoms with Crippen LogP contribution in [0, 0.1) is 0 Å². The Bertz CT molecular complexity index is 513. The van der Waals surface area contributed by atoms with Gasteiger partial charge in [0, 0.05) is 17.0 Å². The summed E-state index contributed by atoms with van der Waals surface area (Å²) in [6.45, 7) is 13.8. The van der Waals surface area contributed by atoms with E-state index >= 15 is 0 Å². The Balaban J connectivity index is 2.89. The van der Waals surface area contributed by atoms with Gasteiger partial charge < -0.3 is 14.8 Å². The molecule has 0 atom stereocenters. The van der Waals surface area contributed by atoms with Crippen molar-refractivity contribution in [3.05, 3.63) is 28.8 Å². The molecule has 1 aromatic carbocycles. The zero-order valence-electron chi connectivity index (χ0n) is 15.1. The van der Waals surface area contributed by atoms with E-state index in [4.69, 9.17) is 16.3 Å². The van der Waals surface area contributed by atoms with Crippen molar-refractivity contribution in [1.29, 1.82) is 0 Å². The van der Waals surface area contributed by atoms with Crippen molar-refractivity contribution in [2.75, 3.05) is 13.1 Å². The van der Waals surface area contributed by atoms with E-state index in [2.05, 4.69) is 18.7 Å². The van der Waals surface area contributed by atoms with Gasteiger partial charge in [-0.05, 0) is 52.4 Å². The van der Waals surface area contributed by atoms with Crippen LogP contribution in [0.3, 0.4) is 0 Å². The second-order valence-corrected chi connectivity index (χ2v) is 7.26. The van der Waals surface area contributed by atoms with Gasteiger partial charge in [-0.25, -0.2) is 0 Å². The third-order valence-electron chi connectivity index (χ3n) is 4.51. The van der Waals surface area contributed by atoms with Gasteiger partial charge in [-0.1, -0.05) is 37.6 Å². The zero-order valence-corrected chi connectivity index (χ0v) is 15.8. The number of rotatable bonds is 8.